The first-order valence-corrected chi connectivity index (χ1v) is 10.4. The third kappa shape index (κ3) is 6.25. The van der Waals surface area contributed by atoms with Gasteiger partial charge in [0.1, 0.15) is 5.82 Å². The summed E-state index contributed by atoms with van der Waals surface area (Å²) in [6, 6.07) is 8.66. The van der Waals surface area contributed by atoms with Gasteiger partial charge in [0.25, 0.3) is 5.91 Å². The molecule has 7 nitrogen and oxygen atoms in total. The van der Waals surface area contributed by atoms with E-state index >= 15 is 0 Å². The number of carbonyl (C=O) groups is 2. The molecule has 0 saturated heterocycles. The highest BCUT2D eigenvalue weighted by molar-refractivity contribution is 7.89. The monoisotopic (exact) mass is 442 g/mol. The Kier molecular flexibility index (Phi) is 7.34. The van der Waals surface area contributed by atoms with Crippen molar-refractivity contribution in [2.75, 3.05) is 5.32 Å². The van der Waals surface area contributed by atoms with Crippen LogP contribution in [0.25, 0.3) is 0 Å². The molecule has 0 spiro atoms. The Morgan fingerprint density at radius 3 is 2.24 bits per heavy atom. The smallest absolute Gasteiger partial charge is 0.341 e. The molecule has 0 aliphatic rings. The van der Waals surface area contributed by atoms with Gasteiger partial charge in [-0.3, -0.25) is 4.79 Å². The number of hydrogen-bond donors (Lipinski definition) is 2. The second-order valence-electron chi connectivity index (χ2n) is 6.46. The van der Waals surface area contributed by atoms with Crippen LogP contribution in [0.5, 0.6) is 0 Å². The molecule has 0 bridgehead atoms. The van der Waals surface area contributed by atoms with Crippen molar-refractivity contribution >= 4 is 39.2 Å². The molecule has 10 heteroatoms. The summed E-state index contributed by atoms with van der Waals surface area (Å²) in [5.74, 6) is -2.53. The summed E-state index contributed by atoms with van der Waals surface area (Å²) in [6.07, 6.45) is -1.22. The standard InChI is InChI=1S/C19H20ClFN2O5S/c1-11(2)23-29(26,27)15-7-5-14(6-8-15)22-18(24)12(3)28-19(25)16-9-4-13(20)10-17(16)21/h4-12,23H,1-3H3,(H,22,24). The zero-order valence-electron chi connectivity index (χ0n) is 15.9. The van der Waals surface area contributed by atoms with Gasteiger partial charge in [-0.25, -0.2) is 22.3 Å². The average molecular weight is 443 g/mol. The fourth-order valence-corrected chi connectivity index (χ4v) is 3.68. The highest BCUT2D eigenvalue weighted by Crippen LogP contribution is 2.17. The number of halogens is 2. The average Bonchev–Trinajstić information content (AvgIpc) is 2.60. The molecule has 2 aromatic carbocycles. The zero-order chi connectivity index (χ0) is 21.8. The maximum Gasteiger partial charge on any atom is 0.341 e. The van der Waals surface area contributed by atoms with E-state index < -0.39 is 33.8 Å². The molecule has 1 amide bonds. The SMILES string of the molecule is CC(C)NS(=O)(=O)c1ccc(NC(=O)C(C)OC(=O)c2ccc(Cl)cc2F)cc1. The molecule has 1 atom stereocenters. The molecule has 0 radical (unpaired) electrons. The van der Waals surface area contributed by atoms with Crippen molar-refractivity contribution in [1.29, 1.82) is 0 Å². The van der Waals surface area contributed by atoms with Crippen LogP contribution < -0.4 is 10.0 Å². The number of ether oxygens (including phenoxy) is 1. The molecule has 0 saturated carbocycles. The summed E-state index contributed by atoms with van der Waals surface area (Å²) >= 11 is 5.63. The molecular formula is C19H20ClFN2O5S. The lowest BCUT2D eigenvalue weighted by Crippen LogP contribution is -2.31. The van der Waals surface area contributed by atoms with Crippen molar-refractivity contribution in [1.82, 2.24) is 4.72 Å². The predicted octanol–water partition coefficient (Wildman–Crippen LogP) is 3.35. The van der Waals surface area contributed by atoms with Crippen molar-refractivity contribution in [3.8, 4) is 0 Å². The van der Waals surface area contributed by atoms with Gasteiger partial charge in [-0.1, -0.05) is 11.6 Å². The molecule has 0 fully saturated rings. The fraction of sp³-hybridized carbons (Fsp3) is 0.263. The Bertz CT molecular complexity index is 1010. The minimum atomic E-state index is -3.65. The van der Waals surface area contributed by atoms with Gasteiger partial charge >= 0.3 is 5.97 Å². The third-order valence-corrected chi connectivity index (χ3v) is 5.54. The first-order valence-electron chi connectivity index (χ1n) is 8.59. The van der Waals surface area contributed by atoms with E-state index in [0.717, 1.165) is 12.1 Å². The normalized spacial score (nSPS) is 12.5. The molecular weight excluding hydrogens is 423 g/mol. The predicted molar refractivity (Wildman–Crippen MR) is 107 cm³/mol. The van der Waals surface area contributed by atoms with E-state index in [4.69, 9.17) is 16.3 Å². The number of carbonyl (C=O) groups excluding carboxylic acids is 2. The van der Waals surface area contributed by atoms with Crippen LogP contribution in [0.2, 0.25) is 5.02 Å². The van der Waals surface area contributed by atoms with Gasteiger partial charge in [0.15, 0.2) is 6.10 Å². The van der Waals surface area contributed by atoms with Crippen molar-refractivity contribution in [3.05, 3.63) is 58.9 Å². The molecule has 2 aromatic rings. The third-order valence-electron chi connectivity index (χ3n) is 3.63. The molecule has 156 valence electrons. The molecule has 2 N–H and O–H groups in total. The zero-order valence-corrected chi connectivity index (χ0v) is 17.5. The van der Waals surface area contributed by atoms with Gasteiger partial charge in [0.2, 0.25) is 10.0 Å². The second-order valence-corrected chi connectivity index (χ2v) is 8.61. The van der Waals surface area contributed by atoms with Crippen LogP contribution in [0.15, 0.2) is 47.4 Å². The van der Waals surface area contributed by atoms with E-state index in [0.29, 0.717) is 5.69 Å². The Hall–Kier alpha value is -2.49. The lowest BCUT2D eigenvalue weighted by molar-refractivity contribution is -0.123. The number of anilines is 1. The fourth-order valence-electron chi connectivity index (χ4n) is 2.27. The van der Waals surface area contributed by atoms with Gasteiger partial charge in [0, 0.05) is 16.8 Å². The van der Waals surface area contributed by atoms with Gasteiger partial charge in [0.05, 0.1) is 10.5 Å². The first kappa shape index (κ1) is 22.8. The molecule has 0 aliphatic carbocycles. The number of esters is 1. The summed E-state index contributed by atoms with van der Waals surface area (Å²) in [5.41, 5.74) is -0.0414. The van der Waals surface area contributed by atoms with Crippen LogP contribution in [0, 0.1) is 5.82 Å². The van der Waals surface area contributed by atoms with Gasteiger partial charge in [-0.15, -0.1) is 0 Å². The number of sulfonamides is 1. The van der Waals surface area contributed by atoms with Gasteiger partial charge < -0.3 is 10.1 Å². The van der Waals surface area contributed by atoms with Crippen molar-refractivity contribution in [3.63, 3.8) is 0 Å². The molecule has 1 unspecified atom stereocenters. The lowest BCUT2D eigenvalue weighted by atomic mass is 10.2. The highest BCUT2D eigenvalue weighted by atomic mass is 35.5. The van der Waals surface area contributed by atoms with Gasteiger partial charge in [-0.2, -0.15) is 0 Å². The largest absolute Gasteiger partial charge is 0.449 e. The van der Waals surface area contributed by atoms with Crippen LogP contribution in [0.3, 0.4) is 0 Å². The lowest BCUT2D eigenvalue weighted by Gasteiger charge is -2.14. The van der Waals surface area contributed by atoms with E-state index in [2.05, 4.69) is 10.0 Å². The van der Waals surface area contributed by atoms with Crippen molar-refractivity contribution in [2.24, 2.45) is 0 Å². The maximum absolute atomic E-state index is 13.8. The molecule has 29 heavy (non-hydrogen) atoms. The van der Waals surface area contributed by atoms with Crippen LogP contribution >= 0.6 is 11.6 Å². The van der Waals surface area contributed by atoms with Crippen molar-refractivity contribution in [2.45, 2.75) is 37.8 Å². The Balaban J connectivity index is 2.01. The summed E-state index contributed by atoms with van der Waals surface area (Å²) < 4.78 is 45.4. The van der Waals surface area contributed by atoms with Crippen LogP contribution in [-0.4, -0.2) is 32.4 Å². The summed E-state index contributed by atoms with van der Waals surface area (Å²) in [6.45, 7) is 4.72. The van der Waals surface area contributed by atoms with E-state index in [1.807, 2.05) is 0 Å². The topological polar surface area (TPSA) is 102 Å². The first-order chi connectivity index (χ1) is 13.5. The Morgan fingerprint density at radius 2 is 1.69 bits per heavy atom. The minimum Gasteiger partial charge on any atom is -0.449 e. The maximum atomic E-state index is 13.8. The summed E-state index contributed by atoms with van der Waals surface area (Å²) in [5, 5.41) is 2.62. The minimum absolute atomic E-state index is 0.0434. The van der Waals surface area contributed by atoms with E-state index in [1.54, 1.807) is 13.8 Å². The molecule has 0 heterocycles. The van der Waals surface area contributed by atoms with Crippen LogP contribution in [0.4, 0.5) is 10.1 Å². The number of amides is 1. The van der Waals surface area contributed by atoms with Gasteiger partial charge in [-0.05, 0) is 63.2 Å². The molecule has 0 aliphatic heterocycles. The van der Waals surface area contributed by atoms with E-state index in [1.165, 1.54) is 37.3 Å². The number of nitrogens with one attached hydrogen (secondary N) is 2. The number of hydrogen-bond acceptors (Lipinski definition) is 5. The summed E-state index contributed by atoms with van der Waals surface area (Å²) in [4.78, 5) is 24.3. The summed E-state index contributed by atoms with van der Waals surface area (Å²) in [7, 11) is -3.65. The quantitative estimate of drug-likeness (QED) is 0.640. The molecule has 0 aromatic heterocycles. The van der Waals surface area contributed by atoms with E-state index in [9.17, 15) is 22.4 Å². The van der Waals surface area contributed by atoms with Crippen molar-refractivity contribution < 1.29 is 27.1 Å². The van der Waals surface area contributed by atoms with Crippen LogP contribution in [-0.2, 0) is 19.6 Å². The Morgan fingerprint density at radius 1 is 1.07 bits per heavy atom. The van der Waals surface area contributed by atoms with E-state index in [-0.39, 0.29) is 21.5 Å². The number of benzene rings is 2. The molecule has 2 rings (SSSR count). The number of rotatable bonds is 7. The second kappa shape index (κ2) is 9.34. The Labute approximate surface area is 173 Å². The van der Waals surface area contributed by atoms with Crippen LogP contribution in [0.1, 0.15) is 31.1 Å². The highest BCUT2D eigenvalue weighted by Gasteiger charge is 2.22.